The Labute approximate surface area is 122 Å². The van der Waals surface area contributed by atoms with Crippen molar-refractivity contribution in [3.8, 4) is 5.69 Å². The fourth-order valence-corrected chi connectivity index (χ4v) is 1.77. The summed E-state index contributed by atoms with van der Waals surface area (Å²) in [5.74, 6) is -0.876. The standard InChI is InChI=1S/C15H17N3O3/c1-3-21-15(20)11(2)16-14(19)13-9-10-18(17-13)12-7-5-4-6-8-12/h4-11H,3H2,1-2H3,(H,16,19). The van der Waals surface area contributed by atoms with Gasteiger partial charge in [0.25, 0.3) is 5.91 Å². The van der Waals surface area contributed by atoms with E-state index in [2.05, 4.69) is 10.4 Å². The van der Waals surface area contributed by atoms with Gasteiger partial charge in [-0.1, -0.05) is 18.2 Å². The molecule has 1 heterocycles. The lowest BCUT2D eigenvalue weighted by molar-refractivity contribution is -0.144. The topological polar surface area (TPSA) is 73.2 Å². The predicted molar refractivity (Wildman–Crippen MR) is 77.1 cm³/mol. The molecule has 2 aromatic rings. The number of hydrogen-bond acceptors (Lipinski definition) is 4. The van der Waals surface area contributed by atoms with Crippen molar-refractivity contribution in [3.63, 3.8) is 0 Å². The molecule has 21 heavy (non-hydrogen) atoms. The molecular formula is C15H17N3O3. The number of benzene rings is 1. The van der Waals surface area contributed by atoms with Crippen LogP contribution in [0.5, 0.6) is 0 Å². The van der Waals surface area contributed by atoms with Crippen LogP contribution < -0.4 is 5.32 Å². The average Bonchev–Trinajstić information content (AvgIpc) is 2.98. The van der Waals surface area contributed by atoms with Gasteiger partial charge in [-0.2, -0.15) is 5.10 Å². The third kappa shape index (κ3) is 3.68. The average molecular weight is 287 g/mol. The van der Waals surface area contributed by atoms with Crippen LogP contribution in [0.15, 0.2) is 42.6 Å². The lowest BCUT2D eigenvalue weighted by atomic mass is 10.3. The maximum absolute atomic E-state index is 12.0. The van der Waals surface area contributed by atoms with Crippen LogP contribution in [0.3, 0.4) is 0 Å². The molecule has 0 aliphatic carbocycles. The second-order valence-corrected chi connectivity index (χ2v) is 4.43. The highest BCUT2D eigenvalue weighted by molar-refractivity contribution is 5.95. The molecule has 0 fully saturated rings. The first-order valence-corrected chi connectivity index (χ1v) is 6.70. The van der Waals surface area contributed by atoms with Gasteiger partial charge in [-0.3, -0.25) is 4.79 Å². The van der Waals surface area contributed by atoms with E-state index in [1.165, 1.54) is 0 Å². The quantitative estimate of drug-likeness (QED) is 0.847. The van der Waals surface area contributed by atoms with Gasteiger partial charge in [0.15, 0.2) is 5.69 Å². The molecule has 0 bridgehead atoms. The summed E-state index contributed by atoms with van der Waals surface area (Å²) in [5, 5.41) is 6.75. The molecule has 0 aliphatic heterocycles. The molecule has 0 radical (unpaired) electrons. The summed E-state index contributed by atoms with van der Waals surface area (Å²) in [6, 6.07) is 10.3. The van der Waals surface area contributed by atoms with E-state index in [1.807, 2.05) is 30.3 Å². The molecule has 2 rings (SSSR count). The van der Waals surface area contributed by atoms with Gasteiger partial charge in [0.05, 0.1) is 12.3 Å². The third-order valence-electron chi connectivity index (χ3n) is 2.83. The van der Waals surface area contributed by atoms with Crippen LogP contribution in [-0.2, 0) is 9.53 Å². The van der Waals surface area contributed by atoms with Crippen molar-refractivity contribution in [1.29, 1.82) is 0 Å². The van der Waals surface area contributed by atoms with E-state index in [0.29, 0.717) is 0 Å². The molecule has 0 saturated heterocycles. The molecule has 6 nitrogen and oxygen atoms in total. The van der Waals surface area contributed by atoms with E-state index < -0.39 is 17.9 Å². The molecule has 1 aromatic heterocycles. The van der Waals surface area contributed by atoms with Crippen LogP contribution in [0.4, 0.5) is 0 Å². The zero-order chi connectivity index (χ0) is 15.2. The number of carbonyl (C=O) groups is 2. The molecule has 1 amide bonds. The molecule has 0 saturated carbocycles. The van der Waals surface area contributed by atoms with E-state index in [-0.39, 0.29) is 12.3 Å². The van der Waals surface area contributed by atoms with Crippen molar-refractivity contribution in [2.45, 2.75) is 19.9 Å². The van der Waals surface area contributed by atoms with Crippen LogP contribution in [0.1, 0.15) is 24.3 Å². The van der Waals surface area contributed by atoms with E-state index in [1.54, 1.807) is 30.8 Å². The molecule has 6 heteroatoms. The Kier molecular flexibility index (Phi) is 4.71. The minimum atomic E-state index is -0.709. The first-order chi connectivity index (χ1) is 10.1. The highest BCUT2D eigenvalue weighted by Crippen LogP contribution is 2.07. The van der Waals surface area contributed by atoms with Crippen LogP contribution in [-0.4, -0.2) is 34.3 Å². The maximum atomic E-state index is 12.0. The Bertz CT molecular complexity index is 622. The van der Waals surface area contributed by atoms with Crippen molar-refractivity contribution in [2.24, 2.45) is 0 Å². The Hall–Kier alpha value is -2.63. The normalized spacial score (nSPS) is 11.7. The van der Waals surface area contributed by atoms with Gasteiger partial charge in [0.2, 0.25) is 0 Å². The summed E-state index contributed by atoms with van der Waals surface area (Å²) < 4.78 is 6.44. The number of nitrogens with zero attached hydrogens (tertiary/aromatic N) is 2. The van der Waals surface area contributed by atoms with E-state index in [9.17, 15) is 9.59 Å². The van der Waals surface area contributed by atoms with Gasteiger partial charge < -0.3 is 10.1 Å². The highest BCUT2D eigenvalue weighted by Gasteiger charge is 2.19. The second-order valence-electron chi connectivity index (χ2n) is 4.43. The monoisotopic (exact) mass is 287 g/mol. The Morgan fingerprint density at radius 3 is 2.67 bits per heavy atom. The van der Waals surface area contributed by atoms with E-state index >= 15 is 0 Å². The summed E-state index contributed by atoms with van der Waals surface area (Å²) >= 11 is 0. The third-order valence-corrected chi connectivity index (χ3v) is 2.83. The van der Waals surface area contributed by atoms with Gasteiger partial charge in [0.1, 0.15) is 6.04 Å². The molecule has 1 unspecified atom stereocenters. The number of rotatable bonds is 5. The smallest absolute Gasteiger partial charge is 0.328 e. The lowest BCUT2D eigenvalue weighted by Crippen LogP contribution is -2.39. The molecule has 1 aromatic carbocycles. The summed E-state index contributed by atoms with van der Waals surface area (Å²) in [4.78, 5) is 23.5. The number of amides is 1. The minimum absolute atomic E-state index is 0.245. The summed E-state index contributed by atoms with van der Waals surface area (Å²) in [5.41, 5.74) is 1.10. The van der Waals surface area contributed by atoms with Crippen molar-refractivity contribution < 1.29 is 14.3 Å². The second kappa shape index (κ2) is 6.69. The van der Waals surface area contributed by atoms with Crippen LogP contribution in [0.25, 0.3) is 5.69 Å². The summed E-state index contributed by atoms with van der Waals surface area (Å²) in [6.07, 6.45) is 1.69. The fourth-order valence-electron chi connectivity index (χ4n) is 1.77. The largest absolute Gasteiger partial charge is 0.464 e. The van der Waals surface area contributed by atoms with Crippen molar-refractivity contribution >= 4 is 11.9 Å². The predicted octanol–water partition coefficient (Wildman–Crippen LogP) is 1.55. The highest BCUT2D eigenvalue weighted by atomic mass is 16.5. The number of nitrogens with one attached hydrogen (secondary N) is 1. The molecule has 1 N–H and O–H groups in total. The number of ether oxygens (including phenoxy) is 1. The number of carbonyl (C=O) groups excluding carboxylic acids is 2. The number of para-hydroxylation sites is 1. The number of hydrogen-bond donors (Lipinski definition) is 1. The fraction of sp³-hybridized carbons (Fsp3) is 0.267. The van der Waals surface area contributed by atoms with Crippen LogP contribution >= 0.6 is 0 Å². The molecule has 0 aliphatic rings. The summed E-state index contributed by atoms with van der Waals surface area (Å²) in [6.45, 7) is 3.57. The van der Waals surface area contributed by atoms with Gasteiger partial charge in [-0.25, -0.2) is 9.48 Å². The molecule has 0 spiro atoms. The number of esters is 1. The van der Waals surface area contributed by atoms with Crippen molar-refractivity contribution in [2.75, 3.05) is 6.61 Å². The van der Waals surface area contributed by atoms with Crippen molar-refractivity contribution in [1.82, 2.24) is 15.1 Å². The summed E-state index contributed by atoms with van der Waals surface area (Å²) in [7, 11) is 0. The molecular weight excluding hydrogens is 270 g/mol. The van der Waals surface area contributed by atoms with Crippen LogP contribution in [0, 0.1) is 0 Å². The van der Waals surface area contributed by atoms with Gasteiger partial charge in [0, 0.05) is 6.20 Å². The van der Waals surface area contributed by atoms with Crippen molar-refractivity contribution in [3.05, 3.63) is 48.3 Å². The Morgan fingerprint density at radius 1 is 1.29 bits per heavy atom. The van der Waals surface area contributed by atoms with Gasteiger partial charge >= 0.3 is 5.97 Å². The van der Waals surface area contributed by atoms with Gasteiger partial charge in [-0.15, -0.1) is 0 Å². The minimum Gasteiger partial charge on any atom is -0.464 e. The van der Waals surface area contributed by atoms with Crippen LogP contribution in [0.2, 0.25) is 0 Å². The number of aromatic nitrogens is 2. The zero-order valence-electron chi connectivity index (χ0n) is 11.9. The first-order valence-electron chi connectivity index (χ1n) is 6.70. The molecule has 110 valence electrons. The first kappa shape index (κ1) is 14.8. The van der Waals surface area contributed by atoms with E-state index in [0.717, 1.165) is 5.69 Å². The maximum Gasteiger partial charge on any atom is 0.328 e. The van der Waals surface area contributed by atoms with E-state index in [4.69, 9.17) is 4.74 Å². The molecule has 1 atom stereocenters. The SMILES string of the molecule is CCOC(=O)C(C)NC(=O)c1ccn(-c2ccccc2)n1. The Balaban J connectivity index is 2.04. The Morgan fingerprint density at radius 2 is 2.00 bits per heavy atom. The lowest BCUT2D eigenvalue weighted by Gasteiger charge is -2.11. The zero-order valence-corrected chi connectivity index (χ0v) is 11.9. The van der Waals surface area contributed by atoms with Gasteiger partial charge in [-0.05, 0) is 32.0 Å².